The van der Waals surface area contributed by atoms with Crippen molar-refractivity contribution in [3.8, 4) is 0 Å². The first-order chi connectivity index (χ1) is 16.2. The van der Waals surface area contributed by atoms with E-state index in [9.17, 15) is 28.2 Å². The van der Waals surface area contributed by atoms with E-state index < -0.39 is 29.4 Å². The Morgan fingerprint density at radius 2 is 1.65 bits per heavy atom. The van der Waals surface area contributed by atoms with E-state index in [1.165, 1.54) is 23.1 Å². The van der Waals surface area contributed by atoms with Gasteiger partial charge in [-0.05, 0) is 74.5 Å². The van der Waals surface area contributed by atoms with Crippen molar-refractivity contribution >= 4 is 11.7 Å². The van der Waals surface area contributed by atoms with Crippen molar-refractivity contribution in [1.82, 2.24) is 9.80 Å². The molecule has 2 aliphatic rings. The number of nitrogens with one attached hydrogen (secondary N) is 1. The molecule has 2 aromatic carbocycles. The Hall–Kier alpha value is -2.62. The molecule has 1 atom stereocenters. The van der Waals surface area contributed by atoms with Crippen LogP contribution in [-0.2, 0) is 0 Å². The predicted octanol–water partition coefficient (Wildman–Crippen LogP) is 3.70. The molecule has 2 aromatic rings. The Bertz CT molecular complexity index is 989. The van der Waals surface area contributed by atoms with Crippen molar-refractivity contribution in [1.29, 1.82) is 0 Å². The number of carbonyl (C=O) groups is 1. The van der Waals surface area contributed by atoms with E-state index in [2.05, 4.69) is 10.2 Å². The van der Waals surface area contributed by atoms with Gasteiger partial charge in [0.1, 0.15) is 5.82 Å². The maximum atomic E-state index is 13.4. The maximum Gasteiger partial charge on any atom is 0.321 e. The molecule has 0 spiro atoms. The Labute approximate surface area is 197 Å². The lowest BCUT2D eigenvalue weighted by atomic mass is 9.84. The smallest absolute Gasteiger partial charge is 0.321 e. The van der Waals surface area contributed by atoms with Gasteiger partial charge in [0.15, 0.2) is 11.6 Å². The number of aliphatic hydroxyl groups is 2. The van der Waals surface area contributed by atoms with Gasteiger partial charge < -0.3 is 25.3 Å². The summed E-state index contributed by atoms with van der Waals surface area (Å²) in [4.78, 5) is 16.1. The zero-order valence-electron chi connectivity index (χ0n) is 18.9. The quantitative estimate of drug-likeness (QED) is 0.614. The fraction of sp³-hybridized carbons (Fsp3) is 0.480. The number of rotatable bonds is 5. The molecular weight excluding hydrogens is 447 g/mol. The van der Waals surface area contributed by atoms with E-state index >= 15 is 0 Å². The molecule has 0 radical (unpaired) electrons. The van der Waals surface area contributed by atoms with Gasteiger partial charge in [0.25, 0.3) is 0 Å². The van der Waals surface area contributed by atoms with Crippen molar-refractivity contribution in [3.05, 3.63) is 65.5 Å². The third-order valence-electron chi connectivity index (χ3n) is 7.07. The molecular formula is C25H30F3N3O3. The van der Waals surface area contributed by atoms with E-state index in [0.29, 0.717) is 12.5 Å². The first-order valence-corrected chi connectivity index (χ1v) is 11.6. The first-order valence-electron chi connectivity index (χ1n) is 11.6. The van der Waals surface area contributed by atoms with Gasteiger partial charge in [0.2, 0.25) is 0 Å². The molecule has 2 heterocycles. The number of amides is 2. The van der Waals surface area contributed by atoms with Crippen molar-refractivity contribution < 1.29 is 28.2 Å². The number of likely N-dealkylation sites (tertiary alicyclic amines) is 2. The third-order valence-corrected chi connectivity index (χ3v) is 7.07. The first kappa shape index (κ1) is 24.5. The summed E-state index contributed by atoms with van der Waals surface area (Å²) < 4.78 is 39.6. The molecule has 0 bridgehead atoms. The van der Waals surface area contributed by atoms with Gasteiger partial charge in [-0.25, -0.2) is 18.0 Å². The van der Waals surface area contributed by atoms with Crippen LogP contribution in [0.3, 0.4) is 0 Å². The molecule has 34 heavy (non-hydrogen) atoms. The molecule has 184 valence electrons. The number of hydrogen-bond acceptors (Lipinski definition) is 4. The lowest BCUT2D eigenvalue weighted by Gasteiger charge is -2.43. The normalized spacial score (nSPS) is 20.2. The number of anilines is 1. The fourth-order valence-electron chi connectivity index (χ4n) is 4.80. The van der Waals surface area contributed by atoms with Gasteiger partial charge in [-0.2, -0.15) is 0 Å². The number of carbonyl (C=O) groups excluding carboxylic acids is 1. The van der Waals surface area contributed by atoms with Crippen molar-refractivity contribution in [2.45, 2.75) is 43.3 Å². The Kier molecular flexibility index (Phi) is 7.45. The monoisotopic (exact) mass is 477 g/mol. The van der Waals surface area contributed by atoms with Crippen LogP contribution in [0.5, 0.6) is 0 Å². The van der Waals surface area contributed by atoms with Crippen LogP contribution in [0.25, 0.3) is 0 Å². The van der Waals surface area contributed by atoms with Crippen LogP contribution in [0, 0.1) is 17.5 Å². The largest absolute Gasteiger partial charge is 0.389 e. The number of urea groups is 1. The highest BCUT2D eigenvalue weighted by molar-refractivity contribution is 5.89. The highest BCUT2D eigenvalue weighted by Crippen LogP contribution is 2.31. The number of benzene rings is 2. The van der Waals surface area contributed by atoms with Gasteiger partial charge in [0.05, 0.1) is 11.7 Å². The highest BCUT2D eigenvalue weighted by atomic mass is 19.2. The van der Waals surface area contributed by atoms with Crippen molar-refractivity contribution in [2.24, 2.45) is 0 Å². The lowest BCUT2D eigenvalue weighted by molar-refractivity contribution is -0.113. The van der Waals surface area contributed by atoms with E-state index in [-0.39, 0.29) is 37.4 Å². The standard InChI is InChI=1S/C25H30F3N3O3/c26-19-3-1-17(2-4-19)18-7-11-30(12-8-18)16-23(32)25(34)9-13-31(14-10-25)24(33)29-20-5-6-21(27)22(28)15-20/h1-6,15,18,23,32,34H,7-14,16H2,(H,29,33). The minimum atomic E-state index is -1.30. The van der Waals surface area contributed by atoms with Crippen LogP contribution in [0.4, 0.5) is 23.7 Å². The van der Waals surface area contributed by atoms with E-state index in [1.807, 2.05) is 12.1 Å². The number of β-amino-alcohol motifs (C(OH)–C–C–N with tert-alkyl or cyclic N) is 1. The predicted molar refractivity (Wildman–Crippen MR) is 122 cm³/mol. The summed E-state index contributed by atoms with van der Waals surface area (Å²) in [6.07, 6.45) is 1.27. The molecule has 0 aromatic heterocycles. The molecule has 6 nitrogen and oxygen atoms in total. The van der Waals surface area contributed by atoms with E-state index in [0.717, 1.165) is 43.6 Å². The van der Waals surface area contributed by atoms with E-state index in [1.54, 1.807) is 0 Å². The Morgan fingerprint density at radius 1 is 1.00 bits per heavy atom. The molecule has 2 aliphatic heterocycles. The number of aliphatic hydroxyl groups excluding tert-OH is 1. The van der Waals surface area contributed by atoms with Crippen LogP contribution in [0.15, 0.2) is 42.5 Å². The Morgan fingerprint density at radius 3 is 2.26 bits per heavy atom. The second-order valence-electron chi connectivity index (χ2n) is 9.29. The number of piperidine rings is 2. The van der Waals surface area contributed by atoms with E-state index in [4.69, 9.17) is 0 Å². The minimum Gasteiger partial charge on any atom is -0.389 e. The summed E-state index contributed by atoms with van der Waals surface area (Å²) in [5.74, 6) is -1.93. The average molecular weight is 478 g/mol. The van der Waals surface area contributed by atoms with Gasteiger partial charge in [0, 0.05) is 31.4 Å². The molecule has 4 rings (SSSR count). The Balaban J connectivity index is 1.24. The van der Waals surface area contributed by atoms with Gasteiger partial charge in [-0.3, -0.25) is 0 Å². The minimum absolute atomic E-state index is 0.147. The number of nitrogens with zero attached hydrogens (tertiary/aromatic N) is 2. The van der Waals surface area contributed by atoms with Crippen LogP contribution in [-0.4, -0.2) is 70.5 Å². The molecule has 3 N–H and O–H groups in total. The summed E-state index contributed by atoms with van der Waals surface area (Å²) in [7, 11) is 0. The molecule has 2 amide bonds. The topological polar surface area (TPSA) is 76.0 Å². The molecule has 9 heteroatoms. The van der Waals surface area contributed by atoms with Gasteiger partial charge in [-0.1, -0.05) is 12.1 Å². The van der Waals surface area contributed by atoms with Crippen molar-refractivity contribution in [2.75, 3.05) is 38.0 Å². The molecule has 0 saturated carbocycles. The average Bonchev–Trinajstić information content (AvgIpc) is 2.83. The third kappa shape index (κ3) is 5.71. The summed E-state index contributed by atoms with van der Waals surface area (Å²) in [5, 5.41) is 24.3. The number of hydrogen-bond donors (Lipinski definition) is 3. The summed E-state index contributed by atoms with van der Waals surface area (Å²) >= 11 is 0. The summed E-state index contributed by atoms with van der Waals surface area (Å²) in [6.45, 7) is 2.36. The maximum absolute atomic E-state index is 13.4. The molecule has 1 unspecified atom stereocenters. The van der Waals surface area contributed by atoms with Crippen molar-refractivity contribution in [3.63, 3.8) is 0 Å². The molecule has 2 fully saturated rings. The van der Waals surface area contributed by atoms with Crippen LogP contribution < -0.4 is 5.32 Å². The fourth-order valence-corrected chi connectivity index (χ4v) is 4.80. The molecule has 2 saturated heterocycles. The number of halogens is 3. The lowest BCUT2D eigenvalue weighted by Crippen LogP contribution is -2.56. The van der Waals surface area contributed by atoms with Crippen LogP contribution >= 0.6 is 0 Å². The SMILES string of the molecule is O=C(Nc1ccc(F)c(F)c1)N1CCC(O)(C(O)CN2CCC(c3ccc(F)cc3)CC2)CC1. The zero-order valence-corrected chi connectivity index (χ0v) is 18.9. The second-order valence-corrected chi connectivity index (χ2v) is 9.29. The van der Waals surface area contributed by atoms with Crippen LogP contribution in [0.2, 0.25) is 0 Å². The molecule has 0 aliphatic carbocycles. The van der Waals surface area contributed by atoms with Crippen LogP contribution in [0.1, 0.15) is 37.2 Å². The second kappa shape index (κ2) is 10.3. The van der Waals surface area contributed by atoms with Gasteiger partial charge in [-0.15, -0.1) is 0 Å². The zero-order chi connectivity index (χ0) is 24.3. The van der Waals surface area contributed by atoms with Gasteiger partial charge >= 0.3 is 6.03 Å². The highest BCUT2D eigenvalue weighted by Gasteiger charge is 2.41. The summed E-state index contributed by atoms with van der Waals surface area (Å²) in [6, 6.07) is 9.27. The summed E-state index contributed by atoms with van der Waals surface area (Å²) in [5.41, 5.74) is -0.0323.